The minimum atomic E-state index is -0.801. The van der Waals surface area contributed by atoms with Gasteiger partial charge in [-0.2, -0.15) is 0 Å². The number of hydrogen-bond donors (Lipinski definition) is 4. The molecule has 1 aromatic heterocycles. The van der Waals surface area contributed by atoms with Gasteiger partial charge in [0.15, 0.2) is 0 Å². The summed E-state index contributed by atoms with van der Waals surface area (Å²) in [7, 11) is 1.84. The summed E-state index contributed by atoms with van der Waals surface area (Å²) in [6.45, 7) is 9.85. The Morgan fingerprint density at radius 1 is 1.34 bits per heavy atom. The van der Waals surface area contributed by atoms with Crippen molar-refractivity contribution in [2.45, 2.75) is 32.8 Å². The van der Waals surface area contributed by atoms with Gasteiger partial charge in [0.25, 0.3) is 0 Å². The number of rotatable bonds is 10. The SMILES string of the molecule is C=C(/C=C\C(=C/C)CC(C)(C)O)NC(=O)/C=C/c1cnccc1/C(=C/N)CNC. The fourth-order valence-corrected chi connectivity index (χ4v) is 2.64. The van der Waals surface area contributed by atoms with Gasteiger partial charge in [0.2, 0.25) is 5.91 Å². The average molecular weight is 397 g/mol. The average Bonchev–Trinajstić information content (AvgIpc) is 2.67. The largest absolute Gasteiger partial charge is 0.404 e. The smallest absolute Gasteiger partial charge is 0.248 e. The number of amides is 1. The molecule has 6 nitrogen and oxygen atoms in total. The van der Waals surface area contributed by atoms with Gasteiger partial charge in [0.1, 0.15) is 0 Å². The zero-order valence-corrected chi connectivity index (χ0v) is 17.7. The molecule has 6 heteroatoms. The molecule has 0 saturated heterocycles. The number of aliphatic hydroxyl groups is 1. The third-order valence-electron chi connectivity index (χ3n) is 3.97. The Bertz CT molecular complexity index is 828. The lowest BCUT2D eigenvalue weighted by atomic mass is 9.98. The molecule has 0 spiro atoms. The number of nitrogens with two attached hydrogens (primary N) is 1. The molecule has 0 atom stereocenters. The first kappa shape index (κ1) is 24.1. The van der Waals surface area contributed by atoms with Crippen LogP contribution >= 0.6 is 0 Å². The predicted octanol–water partition coefficient (Wildman–Crippen LogP) is 2.91. The van der Waals surface area contributed by atoms with E-state index in [4.69, 9.17) is 5.73 Å². The quantitative estimate of drug-likeness (QED) is 0.360. The summed E-state index contributed by atoms with van der Waals surface area (Å²) in [5.74, 6) is -0.300. The van der Waals surface area contributed by atoms with Crippen LogP contribution in [-0.4, -0.2) is 35.2 Å². The van der Waals surface area contributed by atoms with Crippen LogP contribution < -0.4 is 16.4 Å². The zero-order valence-electron chi connectivity index (χ0n) is 17.7. The lowest BCUT2D eigenvalue weighted by Crippen LogP contribution is -2.19. The molecular formula is C23H32N4O2. The molecule has 0 aromatic carbocycles. The van der Waals surface area contributed by atoms with E-state index in [1.807, 2.05) is 32.2 Å². The molecule has 156 valence electrons. The van der Waals surface area contributed by atoms with Gasteiger partial charge in [0, 0.05) is 42.7 Å². The Labute approximate surface area is 173 Å². The van der Waals surface area contributed by atoms with Gasteiger partial charge in [-0.25, -0.2) is 0 Å². The van der Waals surface area contributed by atoms with Crippen LogP contribution in [0.5, 0.6) is 0 Å². The maximum Gasteiger partial charge on any atom is 0.248 e. The molecule has 0 bridgehead atoms. The molecule has 0 saturated carbocycles. The van der Waals surface area contributed by atoms with Crippen LogP contribution in [0.15, 0.2) is 66.8 Å². The van der Waals surface area contributed by atoms with E-state index >= 15 is 0 Å². The second-order valence-corrected chi connectivity index (χ2v) is 7.22. The van der Waals surface area contributed by atoms with E-state index in [1.54, 1.807) is 44.6 Å². The number of aromatic nitrogens is 1. The molecule has 1 aromatic rings. The van der Waals surface area contributed by atoms with Gasteiger partial charge in [-0.15, -0.1) is 0 Å². The van der Waals surface area contributed by atoms with E-state index in [2.05, 4.69) is 22.2 Å². The number of carbonyl (C=O) groups is 1. The number of carbonyl (C=O) groups excluding carboxylic acids is 1. The Balaban J connectivity index is 2.79. The van der Waals surface area contributed by atoms with Crippen molar-refractivity contribution < 1.29 is 9.90 Å². The Kier molecular flexibility index (Phi) is 9.79. The highest BCUT2D eigenvalue weighted by atomic mass is 16.3. The number of likely N-dealkylation sites (N-methyl/N-ethyl adjacent to an activating group) is 1. The van der Waals surface area contributed by atoms with Crippen LogP contribution in [0.1, 0.15) is 38.3 Å². The molecule has 0 unspecified atom stereocenters. The molecule has 5 N–H and O–H groups in total. The molecule has 0 radical (unpaired) electrons. The monoisotopic (exact) mass is 396 g/mol. The van der Waals surface area contributed by atoms with Gasteiger partial charge in [-0.1, -0.05) is 18.7 Å². The van der Waals surface area contributed by atoms with Gasteiger partial charge < -0.3 is 21.5 Å². The summed E-state index contributed by atoms with van der Waals surface area (Å²) >= 11 is 0. The summed E-state index contributed by atoms with van der Waals surface area (Å²) < 4.78 is 0. The van der Waals surface area contributed by atoms with Gasteiger partial charge >= 0.3 is 0 Å². The molecule has 0 fully saturated rings. The maximum absolute atomic E-state index is 12.2. The van der Waals surface area contributed by atoms with E-state index in [-0.39, 0.29) is 5.91 Å². The summed E-state index contributed by atoms with van der Waals surface area (Å²) in [6.07, 6.45) is 14.0. The molecule has 0 aliphatic heterocycles. The maximum atomic E-state index is 12.2. The lowest BCUT2D eigenvalue weighted by Gasteiger charge is -2.17. The highest BCUT2D eigenvalue weighted by Crippen LogP contribution is 2.19. The first-order chi connectivity index (χ1) is 13.7. The van der Waals surface area contributed by atoms with Crippen LogP contribution in [0.2, 0.25) is 0 Å². The van der Waals surface area contributed by atoms with Crippen LogP contribution in [-0.2, 0) is 4.79 Å². The van der Waals surface area contributed by atoms with E-state index in [9.17, 15) is 9.90 Å². The summed E-state index contributed by atoms with van der Waals surface area (Å²) in [5.41, 5.74) is 8.94. The van der Waals surface area contributed by atoms with Crippen molar-refractivity contribution in [2.24, 2.45) is 5.73 Å². The van der Waals surface area contributed by atoms with Crippen molar-refractivity contribution in [1.82, 2.24) is 15.6 Å². The number of nitrogens with zero attached hydrogens (tertiary/aromatic N) is 1. The molecule has 1 amide bonds. The highest BCUT2D eigenvalue weighted by molar-refractivity contribution is 5.93. The third-order valence-corrected chi connectivity index (χ3v) is 3.97. The minimum Gasteiger partial charge on any atom is -0.404 e. The van der Waals surface area contributed by atoms with Crippen LogP contribution in [0.4, 0.5) is 0 Å². The Hall–Kier alpha value is -2.96. The fraction of sp³-hybridized carbons (Fsp3) is 0.304. The second-order valence-electron chi connectivity index (χ2n) is 7.22. The molecule has 0 aliphatic rings. The molecule has 29 heavy (non-hydrogen) atoms. The Morgan fingerprint density at radius 3 is 2.66 bits per heavy atom. The Morgan fingerprint density at radius 2 is 2.07 bits per heavy atom. The normalized spacial score (nSPS) is 13.3. The van der Waals surface area contributed by atoms with E-state index in [1.165, 1.54) is 6.08 Å². The van der Waals surface area contributed by atoms with Crippen molar-refractivity contribution in [2.75, 3.05) is 13.6 Å². The summed E-state index contributed by atoms with van der Waals surface area (Å²) in [5, 5.41) is 15.7. The molecule has 1 heterocycles. The fourth-order valence-electron chi connectivity index (χ4n) is 2.64. The van der Waals surface area contributed by atoms with Crippen LogP contribution in [0.25, 0.3) is 11.6 Å². The number of nitrogens with one attached hydrogen (secondary N) is 2. The standard InChI is InChI=1S/C23H32N4O2/c1-6-18(13-23(3,4)29)8-7-17(2)27-22(28)10-9-19-16-26-12-11-21(19)20(14-24)15-25-5/h6-12,14,16,25,29H,2,13,15,24H2,1,3-5H3,(H,27,28)/b8-7-,10-9+,18-6+,20-14+. The highest BCUT2D eigenvalue weighted by Gasteiger charge is 2.13. The molecule has 1 rings (SSSR count). The third kappa shape index (κ3) is 9.19. The second kappa shape index (κ2) is 11.8. The number of hydrogen-bond acceptors (Lipinski definition) is 5. The first-order valence-electron chi connectivity index (χ1n) is 9.43. The number of allylic oxidation sites excluding steroid dienone is 3. The summed E-state index contributed by atoms with van der Waals surface area (Å²) in [4.78, 5) is 16.3. The number of pyridine rings is 1. The van der Waals surface area contributed by atoms with Crippen molar-refractivity contribution in [3.8, 4) is 0 Å². The molecule has 0 aliphatic carbocycles. The van der Waals surface area contributed by atoms with Crippen LogP contribution in [0.3, 0.4) is 0 Å². The topological polar surface area (TPSA) is 100 Å². The van der Waals surface area contributed by atoms with E-state index < -0.39 is 5.60 Å². The molecular weight excluding hydrogens is 364 g/mol. The minimum absolute atomic E-state index is 0.300. The van der Waals surface area contributed by atoms with Gasteiger partial charge in [-0.3, -0.25) is 9.78 Å². The lowest BCUT2D eigenvalue weighted by molar-refractivity contribution is -0.115. The first-order valence-corrected chi connectivity index (χ1v) is 9.43. The zero-order chi connectivity index (χ0) is 21.9. The predicted molar refractivity (Wildman–Crippen MR) is 120 cm³/mol. The van der Waals surface area contributed by atoms with Crippen LogP contribution in [0, 0.1) is 0 Å². The van der Waals surface area contributed by atoms with Crippen molar-refractivity contribution in [3.05, 3.63) is 77.9 Å². The van der Waals surface area contributed by atoms with Gasteiger partial charge in [-0.05, 0) is 68.9 Å². The van der Waals surface area contributed by atoms with E-state index in [0.717, 1.165) is 22.3 Å². The van der Waals surface area contributed by atoms with Gasteiger partial charge in [0.05, 0.1) is 5.60 Å². The van der Waals surface area contributed by atoms with Crippen molar-refractivity contribution >= 4 is 17.6 Å². The summed E-state index contributed by atoms with van der Waals surface area (Å²) in [6, 6.07) is 1.86. The van der Waals surface area contributed by atoms with Crippen molar-refractivity contribution in [1.29, 1.82) is 0 Å². The van der Waals surface area contributed by atoms with Crippen molar-refractivity contribution in [3.63, 3.8) is 0 Å². The van der Waals surface area contributed by atoms with E-state index in [0.29, 0.717) is 18.7 Å².